The number of fused-ring (bicyclic) bond motifs is 1. The molecule has 0 bridgehead atoms. The number of hydrogen-bond donors (Lipinski definition) is 1. The van der Waals surface area contributed by atoms with Crippen LogP contribution in [0.4, 0.5) is 11.5 Å². The molecule has 0 aliphatic heterocycles. The second kappa shape index (κ2) is 6.20. The van der Waals surface area contributed by atoms with E-state index >= 15 is 0 Å². The van der Waals surface area contributed by atoms with Crippen LogP contribution in [0.15, 0.2) is 59.7 Å². The molecular weight excluding hydrogens is 415 g/mol. The quantitative estimate of drug-likeness (QED) is 0.469. The predicted molar refractivity (Wildman–Crippen MR) is 102 cm³/mol. The Balaban J connectivity index is 1.75. The zero-order valence-corrected chi connectivity index (χ0v) is 15.0. The Labute approximate surface area is 152 Å². The number of aromatic nitrogens is 3. The third-order valence-corrected chi connectivity index (χ3v) is 5.14. The smallest absolute Gasteiger partial charge is 0.181 e. The largest absolute Gasteiger partial charge is 0.444 e. The second-order valence-corrected chi connectivity index (χ2v) is 6.47. The molecule has 0 aliphatic carbocycles. The zero-order valence-electron chi connectivity index (χ0n) is 12.8. The molecule has 0 spiro atoms. The fraction of sp³-hybridized carbons (Fsp3) is 0.0556. The Kier molecular flexibility index (Phi) is 3.89. The Hall–Kier alpha value is -2.48. The maximum Gasteiger partial charge on any atom is 0.181 e. The summed E-state index contributed by atoms with van der Waals surface area (Å²) in [5.74, 6) is 1.52. The first kappa shape index (κ1) is 15.1. The van der Waals surface area contributed by atoms with Crippen LogP contribution >= 0.6 is 22.6 Å². The molecule has 0 saturated carbocycles. The average Bonchev–Trinajstić information content (AvgIpc) is 3.14. The molecule has 4 rings (SSSR count). The van der Waals surface area contributed by atoms with Crippen LogP contribution in [0.25, 0.3) is 22.2 Å². The summed E-state index contributed by atoms with van der Waals surface area (Å²) in [6, 6.07) is 12.1. The first-order valence-corrected chi connectivity index (χ1v) is 8.46. The van der Waals surface area contributed by atoms with Crippen molar-refractivity contribution in [3.63, 3.8) is 0 Å². The highest BCUT2D eigenvalue weighted by Gasteiger charge is 2.09. The van der Waals surface area contributed by atoms with E-state index in [1.54, 1.807) is 12.5 Å². The van der Waals surface area contributed by atoms with Crippen molar-refractivity contribution in [2.24, 2.45) is 0 Å². The van der Waals surface area contributed by atoms with Crippen molar-refractivity contribution in [1.29, 1.82) is 0 Å². The van der Waals surface area contributed by atoms with Crippen LogP contribution in [0.2, 0.25) is 0 Å². The maximum atomic E-state index is 5.36. The summed E-state index contributed by atoms with van der Waals surface area (Å²) in [6.45, 7) is 2.08. The van der Waals surface area contributed by atoms with Gasteiger partial charge in [0.05, 0.1) is 11.7 Å². The molecule has 2 heterocycles. The van der Waals surface area contributed by atoms with Crippen LogP contribution in [-0.4, -0.2) is 15.0 Å². The van der Waals surface area contributed by atoms with Crippen molar-refractivity contribution in [3.05, 3.63) is 64.4 Å². The predicted octanol–water partition coefficient (Wildman–Crippen LogP) is 4.94. The zero-order chi connectivity index (χ0) is 16.5. The lowest BCUT2D eigenvalue weighted by molar-refractivity contribution is 0.572. The lowest BCUT2D eigenvalue weighted by Gasteiger charge is -2.10. The summed E-state index contributed by atoms with van der Waals surface area (Å²) in [4.78, 5) is 12.8. The van der Waals surface area contributed by atoms with Crippen LogP contribution in [-0.2, 0) is 0 Å². The number of hydrogen-bond acceptors (Lipinski definition) is 5. The minimum Gasteiger partial charge on any atom is -0.444 e. The topological polar surface area (TPSA) is 63.8 Å². The van der Waals surface area contributed by atoms with Gasteiger partial charge >= 0.3 is 0 Å². The summed E-state index contributed by atoms with van der Waals surface area (Å²) < 4.78 is 6.50. The molecule has 0 atom stereocenters. The Bertz CT molecular complexity index is 1010. The van der Waals surface area contributed by atoms with Gasteiger partial charge in [-0.3, -0.25) is 0 Å². The first-order chi connectivity index (χ1) is 11.7. The number of halogens is 1. The van der Waals surface area contributed by atoms with Crippen LogP contribution in [0, 0.1) is 10.5 Å². The van der Waals surface area contributed by atoms with Gasteiger partial charge in [-0.15, -0.1) is 0 Å². The molecule has 5 nitrogen and oxygen atoms in total. The van der Waals surface area contributed by atoms with E-state index in [2.05, 4.69) is 61.9 Å². The van der Waals surface area contributed by atoms with E-state index in [9.17, 15) is 0 Å². The third-order valence-electron chi connectivity index (χ3n) is 3.78. The van der Waals surface area contributed by atoms with Gasteiger partial charge in [0.1, 0.15) is 12.1 Å². The van der Waals surface area contributed by atoms with Crippen molar-refractivity contribution in [2.45, 2.75) is 6.92 Å². The van der Waals surface area contributed by atoms with Gasteiger partial charge < -0.3 is 9.73 Å². The number of aryl methyl sites for hydroxylation is 1. The van der Waals surface area contributed by atoms with Gasteiger partial charge in [-0.05, 0) is 53.3 Å². The van der Waals surface area contributed by atoms with Crippen molar-refractivity contribution in [3.8, 4) is 11.3 Å². The number of nitrogens with zero attached hydrogens (tertiary/aromatic N) is 3. The monoisotopic (exact) mass is 428 g/mol. The van der Waals surface area contributed by atoms with E-state index in [4.69, 9.17) is 4.42 Å². The van der Waals surface area contributed by atoms with Crippen molar-refractivity contribution in [2.75, 3.05) is 5.32 Å². The summed E-state index contributed by atoms with van der Waals surface area (Å²) in [6.07, 6.45) is 4.72. The summed E-state index contributed by atoms with van der Waals surface area (Å²) in [7, 11) is 0. The van der Waals surface area contributed by atoms with E-state index in [1.807, 2.05) is 24.3 Å². The Morgan fingerprint density at radius 1 is 1.12 bits per heavy atom. The molecule has 4 aromatic rings. The Morgan fingerprint density at radius 2 is 2.04 bits per heavy atom. The second-order valence-electron chi connectivity index (χ2n) is 5.39. The molecule has 24 heavy (non-hydrogen) atoms. The minimum atomic E-state index is 0.733. The molecule has 0 fully saturated rings. The summed E-state index contributed by atoms with van der Waals surface area (Å²) >= 11 is 2.33. The van der Waals surface area contributed by atoms with Crippen molar-refractivity contribution in [1.82, 2.24) is 15.0 Å². The van der Waals surface area contributed by atoms with Crippen LogP contribution < -0.4 is 5.32 Å². The molecule has 0 amide bonds. The van der Waals surface area contributed by atoms with E-state index in [0.29, 0.717) is 0 Å². The van der Waals surface area contributed by atoms with Gasteiger partial charge in [0.25, 0.3) is 0 Å². The molecule has 2 aromatic carbocycles. The highest BCUT2D eigenvalue weighted by Crippen LogP contribution is 2.29. The summed E-state index contributed by atoms with van der Waals surface area (Å²) in [5.41, 5.74) is 4.06. The number of oxazole rings is 1. The number of nitrogens with one attached hydrogen (secondary N) is 1. The molecule has 0 radical (unpaired) electrons. The van der Waals surface area contributed by atoms with E-state index in [-0.39, 0.29) is 0 Å². The minimum absolute atomic E-state index is 0.733. The molecule has 6 heteroatoms. The summed E-state index contributed by atoms with van der Waals surface area (Å²) in [5, 5.41) is 4.38. The highest BCUT2D eigenvalue weighted by molar-refractivity contribution is 14.1. The Morgan fingerprint density at radius 3 is 2.88 bits per heavy atom. The fourth-order valence-electron chi connectivity index (χ4n) is 2.54. The van der Waals surface area contributed by atoms with Crippen molar-refractivity contribution < 1.29 is 4.42 Å². The normalized spacial score (nSPS) is 10.9. The molecule has 0 unspecified atom stereocenters. The maximum absolute atomic E-state index is 5.36. The molecule has 0 aliphatic rings. The van der Waals surface area contributed by atoms with Gasteiger partial charge in [0, 0.05) is 20.2 Å². The SMILES string of the molecule is Cc1ccc2c(Nc3cccc(-c4cnco4)c3)ncnc2c1I. The fourth-order valence-corrected chi connectivity index (χ4v) is 3.15. The lowest BCUT2D eigenvalue weighted by atomic mass is 10.1. The van der Waals surface area contributed by atoms with Crippen LogP contribution in [0.1, 0.15) is 5.56 Å². The van der Waals surface area contributed by atoms with Gasteiger partial charge in [-0.2, -0.15) is 0 Å². The molecular formula is C18H13IN4O. The molecule has 2 aromatic heterocycles. The number of rotatable bonds is 3. The molecule has 0 saturated heterocycles. The number of benzene rings is 2. The average molecular weight is 428 g/mol. The van der Waals surface area contributed by atoms with Gasteiger partial charge in [0.2, 0.25) is 0 Å². The molecule has 118 valence electrons. The third kappa shape index (κ3) is 2.73. The van der Waals surface area contributed by atoms with Gasteiger partial charge in [0.15, 0.2) is 12.2 Å². The lowest BCUT2D eigenvalue weighted by Crippen LogP contribution is -1.98. The van der Waals surface area contributed by atoms with Crippen LogP contribution in [0.3, 0.4) is 0 Å². The van der Waals surface area contributed by atoms with Gasteiger partial charge in [-0.25, -0.2) is 15.0 Å². The van der Waals surface area contributed by atoms with Crippen molar-refractivity contribution >= 4 is 45.0 Å². The van der Waals surface area contributed by atoms with Crippen LogP contribution in [0.5, 0.6) is 0 Å². The van der Waals surface area contributed by atoms with E-state index in [0.717, 1.165) is 37.3 Å². The van der Waals surface area contributed by atoms with E-state index in [1.165, 1.54) is 12.0 Å². The number of anilines is 2. The first-order valence-electron chi connectivity index (χ1n) is 7.38. The van der Waals surface area contributed by atoms with E-state index < -0.39 is 0 Å². The highest BCUT2D eigenvalue weighted by atomic mass is 127. The van der Waals surface area contributed by atoms with Gasteiger partial charge in [-0.1, -0.05) is 18.2 Å². The molecule has 1 N–H and O–H groups in total. The standard InChI is InChI=1S/C18H13IN4O/c1-11-5-6-14-17(16(11)19)21-9-22-18(14)23-13-4-2-3-12(7-13)15-8-20-10-24-15/h2-10H,1H3,(H,21,22,23).